The minimum atomic E-state index is -1.11. The number of nitro benzene ring substituents is 1. The molecule has 126 valence electrons. The molecule has 0 aliphatic heterocycles. The Morgan fingerprint density at radius 2 is 1.92 bits per heavy atom. The lowest BCUT2D eigenvalue weighted by Gasteiger charge is -2.16. The van der Waals surface area contributed by atoms with Gasteiger partial charge in [-0.1, -0.05) is 13.8 Å². The van der Waals surface area contributed by atoms with E-state index in [-0.39, 0.29) is 16.6 Å². The van der Waals surface area contributed by atoms with Gasteiger partial charge < -0.3 is 10.4 Å². The van der Waals surface area contributed by atoms with Crippen LogP contribution in [0.5, 0.6) is 0 Å². The number of nitro groups is 1. The first kappa shape index (κ1) is 17.5. The third-order valence-electron chi connectivity index (χ3n) is 3.28. The average Bonchev–Trinajstić information content (AvgIpc) is 3.01. The van der Waals surface area contributed by atoms with Crippen molar-refractivity contribution in [3.8, 4) is 10.4 Å². The molecule has 0 fully saturated rings. The Balaban J connectivity index is 2.16. The lowest BCUT2D eigenvalue weighted by Crippen LogP contribution is -2.44. The molecule has 0 spiro atoms. The molecule has 1 heterocycles. The summed E-state index contributed by atoms with van der Waals surface area (Å²) in [5, 5.41) is 22.3. The molecular formula is C15H15N3O5S. The first-order valence-electron chi connectivity index (χ1n) is 7.04. The van der Waals surface area contributed by atoms with Gasteiger partial charge in [0.2, 0.25) is 0 Å². The summed E-state index contributed by atoms with van der Waals surface area (Å²) in [5.74, 6) is -1.93. The Kier molecular flexibility index (Phi) is 5.24. The zero-order chi connectivity index (χ0) is 17.9. The van der Waals surface area contributed by atoms with Crippen molar-refractivity contribution in [1.82, 2.24) is 10.3 Å². The smallest absolute Gasteiger partial charge is 0.326 e. The molecule has 9 heteroatoms. The molecule has 1 atom stereocenters. The normalized spacial score (nSPS) is 12.0. The molecule has 0 saturated carbocycles. The number of carbonyl (C=O) groups excluding carboxylic acids is 1. The van der Waals surface area contributed by atoms with Crippen molar-refractivity contribution in [2.75, 3.05) is 0 Å². The number of aliphatic carboxylic acids is 1. The van der Waals surface area contributed by atoms with Gasteiger partial charge in [-0.05, 0) is 23.6 Å². The lowest BCUT2D eigenvalue weighted by molar-refractivity contribution is -0.384. The van der Waals surface area contributed by atoms with E-state index in [2.05, 4.69) is 10.3 Å². The van der Waals surface area contributed by atoms with Gasteiger partial charge in [0, 0.05) is 18.3 Å². The molecule has 24 heavy (non-hydrogen) atoms. The summed E-state index contributed by atoms with van der Waals surface area (Å²) < 4.78 is 0. The van der Waals surface area contributed by atoms with Crippen molar-refractivity contribution in [3.63, 3.8) is 0 Å². The standard InChI is InChI=1S/C15H15N3O5S/c1-8(2)12(15(20)21)17-13(19)14-16-7-11(24-14)9-3-5-10(6-4-9)18(22)23/h3-8,12H,1-2H3,(H,17,19)(H,20,21). The highest BCUT2D eigenvalue weighted by atomic mass is 32.1. The minimum absolute atomic E-state index is 0.0255. The molecule has 0 radical (unpaired) electrons. The lowest BCUT2D eigenvalue weighted by atomic mass is 10.1. The number of hydrogen-bond acceptors (Lipinski definition) is 6. The number of hydrogen-bond donors (Lipinski definition) is 2. The van der Waals surface area contributed by atoms with E-state index in [4.69, 9.17) is 5.11 Å². The van der Waals surface area contributed by atoms with Crippen molar-refractivity contribution in [3.05, 3.63) is 45.6 Å². The maximum atomic E-state index is 12.1. The van der Waals surface area contributed by atoms with Crippen molar-refractivity contribution in [2.24, 2.45) is 5.92 Å². The van der Waals surface area contributed by atoms with Crippen LogP contribution in [0.1, 0.15) is 23.6 Å². The summed E-state index contributed by atoms with van der Waals surface area (Å²) >= 11 is 1.09. The molecule has 0 saturated heterocycles. The predicted molar refractivity (Wildman–Crippen MR) is 87.9 cm³/mol. The summed E-state index contributed by atoms with van der Waals surface area (Å²) in [7, 11) is 0. The Hall–Kier alpha value is -2.81. The van der Waals surface area contributed by atoms with E-state index in [0.29, 0.717) is 10.4 Å². The van der Waals surface area contributed by atoms with Gasteiger partial charge >= 0.3 is 5.97 Å². The maximum absolute atomic E-state index is 12.1. The van der Waals surface area contributed by atoms with Gasteiger partial charge in [0.1, 0.15) is 6.04 Å². The van der Waals surface area contributed by atoms with Crippen LogP contribution in [0.15, 0.2) is 30.5 Å². The van der Waals surface area contributed by atoms with Crippen molar-refractivity contribution >= 4 is 28.9 Å². The van der Waals surface area contributed by atoms with Gasteiger partial charge in [0.05, 0.1) is 9.80 Å². The monoisotopic (exact) mass is 349 g/mol. The van der Waals surface area contributed by atoms with E-state index < -0.39 is 22.8 Å². The van der Waals surface area contributed by atoms with Gasteiger partial charge in [0.15, 0.2) is 5.01 Å². The molecule has 2 aromatic rings. The van der Waals surface area contributed by atoms with Gasteiger partial charge in [0.25, 0.3) is 11.6 Å². The van der Waals surface area contributed by atoms with Crippen LogP contribution < -0.4 is 5.32 Å². The average molecular weight is 349 g/mol. The Labute approximate surface area is 141 Å². The highest BCUT2D eigenvalue weighted by molar-refractivity contribution is 7.17. The number of thiazole rings is 1. The number of aromatic nitrogens is 1. The van der Waals surface area contributed by atoms with Crippen LogP contribution in [0.25, 0.3) is 10.4 Å². The first-order valence-corrected chi connectivity index (χ1v) is 7.85. The van der Waals surface area contributed by atoms with Gasteiger partial charge in [-0.2, -0.15) is 0 Å². The second-order valence-electron chi connectivity index (χ2n) is 5.37. The molecular weight excluding hydrogens is 334 g/mol. The second-order valence-corrected chi connectivity index (χ2v) is 6.40. The van der Waals surface area contributed by atoms with E-state index >= 15 is 0 Å². The molecule has 8 nitrogen and oxygen atoms in total. The SMILES string of the molecule is CC(C)C(NC(=O)c1ncc(-c2ccc([N+](=O)[O-])cc2)s1)C(=O)O. The van der Waals surface area contributed by atoms with E-state index in [9.17, 15) is 19.7 Å². The van der Waals surface area contributed by atoms with Crippen LogP contribution in [0.3, 0.4) is 0 Å². The molecule has 1 aromatic heterocycles. The zero-order valence-electron chi connectivity index (χ0n) is 12.9. The first-order chi connectivity index (χ1) is 11.3. The summed E-state index contributed by atoms with van der Waals surface area (Å²) in [4.78, 5) is 38.1. The summed E-state index contributed by atoms with van der Waals surface area (Å²) in [6, 6.07) is 4.88. The highest BCUT2D eigenvalue weighted by Crippen LogP contribution is 2.27. The largest absolute Gasteiger partial charge is 0.480 e. The number of carboxylic acid groups (broad SMARTS) is 1. The van der Waals surface area contributed by atoms with Gasteiger partial charge in [-0.15, -0.1) is 11.3 Å². The van der Waals surface area contributed by atoms with Crippen LogP contribution in [-0.2, 0) is 4.79 Å². The fraction of sp³-hybridized carbons (Fsp3) is 0.267. The molecule has 0 bridgehead atoms. The third-order valence-corrected chi connectivity index (χ3v) is 4.33. The molecule has 0 aliphatic rings. The van der Waals surface area contributed by atoms with Crippen LogP contribution in [0, 0.1) is 16.0 Å². The second kappa shape index (κ2) is 7.18. The van der Waals surface area contributed by atoms with E-state index in [0.717, 1.165) is 11.3 Å². The van der Waals surface area contributed by atoms with Crippen molar-refractivity contribution in [1.29, 1.82) is 0 Å². The Morgan fingerprint density at radius 1 is 1.29 bits per heavy atom. The number of carboxylic acids is 1. The van der Waals surface area contributed by atoms with E-state index in [1.165, 1.54) is 18.3 Å². The van der Waals surface area contributed by atoms with Crippen molar-refractivity contribution in [2.45, 2.75) is 19.9 Å². The third kappa shape index (κ3) is 3.93. The maximum Gasteiger partial charge on any atom is 0.326 e. The van der Waals surface area contributed by atoms with Gasteiger partial charge in [-0.25, -0.2) is 9.78 Å². The number of non-ortho nitro benzene ring substituents is 1. The molecule has 1 unspecified atom stereocenters. The number of rotatable bonds is 6. The minimum Gasteiger partial charge on any atom is -0.480 e. The summed E-state index contributed by atoms with van der Waals surface area (Å²) in [6.45, 7) is 3.40. The number of nitrogens with one attached hydrogen (secondary N) is 1. The van der Waals surface area contributed by atoms with Gasteiger partial charge in [-0.3, -0.25) is 14.9 Å². The number of carbonyl (C=O) groups is 2. The fourth-order valence-corrected chi connectivity index (χ4v) is 2.80. The molecule has 2 rings (SSSR count). The summed E-state index contributed by atoms with van der Waals surface area (Å²) in [6.07, 6.45) is 1.48. The molecule has 1 amide bonds. The zero-order valence-corrected chi connectivity index (χ0v) is 13.7. The number of nitrogens with zero attached hydrogens (tertiary/aromatic N) is 2. The van der Waals surface area contributed by atoms with Crippen LogP contribution >= 0.6 is 11.3 Å². The Bertz CT molecular complexity index is 770. The number of amides is 1. The predicted octanol–water partition coefficient (Wildman–Crippen LogP) is 2.56. The van der Waals surface area contributed by atoms with Crippen LogP contribution in [0.2, 0.25) is 0 Å². The van der Waals surface area contributed by atoms with Crippen LogP contribution in [0.4, 0.5) is 5.69 Å². The van der Waals surface area contributed by atoms with E-state index in [1.807, 2.05) is 0 Å². The van der Waals surface area contributed by atoms with E-state index in [1.54, 1.807) is 26.0 Å². The quantitative estimate of drug-likeness (QED) is 0.610. The Morgan fingerprint density at radius 3 is 2.42 bits per heavy atom. The van der Waals surface area contributed by atoms with Crippen molar-refractivity contribution < 1.29 is 19.6 Å². The molecule has 0 aliphatic carbocycles. The highest BCUT2D eigenvalue weighted by Gasteiger charge is 2.25. The molecule has 1 aromatic carbocycles. The number of benzene rings is 1. The fourth-order valence-electron chi connectivity index (χ4n) is 1.98. The summed E-state index contributed by atoms with van der Waals surface area (Å²) in [5.41, 5.74) is 0.665. The molecule has 2 N–H and O–H groups in total. The van der Waals surface area contributed by atoms with Crippen LogP contribution in [-0.4, -0.2) is 32.9 Å². The topological polar surface area (TPSA) is 122 Å².